The van der Waals surface area contributed by atoms with Crippen LogP contribution in [-0.2, 0) is 13.1 Å². The lowest BCUT2D eigenvalue weighted by molar-refractivity contribution is 0.463. The smallest absolute Gasteiger partial charge is 0.232 e. The first kappa shape index (κ1) is 18.4. The predicted molar refractivity (Wildman–Crippen MR) is 119 cm³/mol. The number of halogens is 2. The molecule has 0 saturated carbocycles. The molecule has 0 amide bonds. The molecule has 0 fully saturated rings. The van der Waals surface area contributed by atoms with Crippen LogP contribution in [0, 0.1) is 4.77 Å². The van der Waals surface area contributed by atoms with Gasteiger partial charge in [-0.2, -0.15) is 0 Å². The highest BCUT2D eigenvalue weighted by molar-refractivity contribution is 7.71. The first-order chi connectivity index (χ1) is 14.1. The van der Waals surface area contributed by atoms with Crippen molar-refractivity contribution in [3.05, 3.63) is 104 Å². The van der Waals surface area contributed by atoms with Crippen LogP contribution in [0.4, 0.5) is 5.69 Å². The van der Waals surface area contributed by atoms with Crippen molar-refractivity contribution in [1.29, 1.82) is 0 Å². The molecule has 1 aromatic heterocycles. The van der Waals surface area contributed by atoms with Gasteiger partial charge in [0.25, 0.3) is 0 Å². The van der Waals surface area contributed by atoms with Crippen molar-refractivity contribution in [2.45, 2.75) is 13.1 Å². The van der Waals surface area contributed by atoms with Crippen LogP contribution in [0.1, 0.15) is 11.1 Å². The SMILES string of the molecule is S=c1n(-c2ccc(Cl)cc2)c(=Nc2ccc(Cl)cc2)n2n1Cc1ccccc1C2. The van der Waals surface area contributed by atoms with Crippen molar-refractivity contribution in [3.8, 4) is 5.69 Å². The summed E-state index contributed by atoms with van der Waals surface area (Å²) in [6.07, 6.45) is 0. The van der Waals surface area contributed by atoms with E-state index in [2.05, 4.69) is 33.6 Å². The van der Waals surface area contributed by atoms with Crippen molar-refractivity contribution in [3.63, 3.8) is 0 Å². The second kappa shape index (κ2) is 7.34. The zero-order chi connectivity index (χ0) is 20.0. The molecule has 0 bridgehead atoms. The van der Waals surface area contributed by atoms with Crippen LogP contribution in [0.5, 0.6) is 0 Å². The molecule has 0 aliphatic carbocycles. The molecule has 1 aliphatic heterocycles. The zero-order valence-electron chi connectivity index (χ0n) is 15.3. The summed E-state index contributed by atoms with van der Waals surface area (Å²) in [5.41, 5.74) is 5.04. The van der Waals surface area contributed by atoms with Crippen LogP contribution >= 0.6 is 35.4 Å². The maximum absolute atomic E-state index is 6.10. The highest BCUT2D eigenvalue weighted by Crippen LogP contribution is 2.21. The van der Waals surface area contributed by atoms with E-state index >= 15 is 0 Å². The summed E-state index contributed by atoms with van der Waals surface area (Å²) in [6.45, 7) is 1.41. The van der Waals surface area contributed by atoms with E-state index in [0.717, 1.165) is 17.0 Å². The summed E-state index contributed by atoms with van der Waals surface area (Å²) in [5, 5.41) is 1.36. The molecular weight excluding hydrogens is 423 g/mol. The van der Waals surface area contributed by atoms with E-state index in [0.29, 0.717) is 27.9 Å². The van der Waals surface area contributed by atoms with Gasteiger partial charge in [0.05, 0.1) is 24.5 Å². The Bertz CT molecular complexity index is 1330. The number of hydrogen-bond acceptors (Lipinski definition) is 2. The summed E-state index contributed by atoms with van der Waals surface area (Å²) < 4.78 is 6.91. The Labute approximate surface area is 182 Å². The highest BCUT2D eigenvalue weighted by atomic mass is 35.5. The Kier molecular flexibility index (Phi) is 4.66. The molecule has 7 heteroatoms. The second-order valence-corrected chi connectivity index (χ2v) is 8.10. The number of fused-ring (bicyclic) bond motifs is 2. The summed E-state index contributed by atoms with van der Waals surface area (Å²) in [5.74, 6) is 0. The zero-order valence-corrected chi connectivity index (χ0v) is 17.6. The lowest BCUT2D eigenvalue weighted by Gasteiger charge is -2.20. The number of rotatable bonds is 2. The van der Waals surface area contributed by atoms with Gasteiger partial charge in [-0.3, -0.25) is 9.25 Å². The number of hydrogen-bond donors (Lipinski definition) is 0. The number of nitrogens with zero attached hydrogens (tertiary/aromatic N) is 4. The Morgan fingerprint density at radius 2 is 1.28 bits per heavy atom. The number of aromatic nitrogens is 3. The third-order valence-corrected chi connectivity index (χ3v) is 5.93. The van der Waals surface area contributed by atoms with Gasteiger partial charge in [-0.1, -0.05) is 47.5 Å². The normalized spacial score (nSPS) is 13.2. The topological polar surface area (TPSA) is 27.1 Å². The van der Waals surface area contributed by atoms with Crippen molar-refractivity contribution < 1.29 is 0 Å². The van der Waals surface area contributed by atoms with Crippen LogP contribution < -0.4 is 5.62 Å². The molecule has 0 radical (unpaired) electrons. The quantitative estimate of drug-likeness (QED) is 0.322. The van der Waals surface area contributed by atoms with Crippen LogP contribution in [0.25, 0.3) is 5.69 Å². The van der Waals surface area contributed by atoms with E-state index in [1.54, 1.807) is 0 Å². The monoisotopic (exact) mass is 438 g/mol. The molecule has 5 rings (SSSR count). The summed E-state index contributed by atoms with van der Waals surface area (Å²) in [7, 11) is 0. The molecule has 4 nitrogen and oxygen atoms in total. The maximum atomic E-state index is 6.10. The minimum Gasteiger partial charge on any atom is -0.254 e. The van der Waals surface area contributed by atoms with Crippen LogP contribution in [0.15, 0.2) is 77.8 Å². The van der Waals surface area contributed by atoms with Gasteiger partial charge in [-0.25, -0.2) is 9.67 Å². The molecule has 0 unspecified atom stereocenters. The van der Waals surface area contributed by atoms with Crippen LogP contribution in [0.3, 0.4) is 0 Å². The van der Waals surface area contributed by atoms with Crippen LogP contribution in [-0.4, -0.2) is 13.9 Å². The molecule has 0 atom stereocenters. The fourth-order valence-corrected chi connectivity index (χ4v) is 4.18. The Balaban J connectivity index is 1.79. The van der Waals surface area contributed by atoms with E-state index in [1.165, 1.54) is 11.1 Å². The minimum absolute atomic E-state index is 0.680. The summed E-state index contributed by atoms with van der Waals surface area (Å²) >= 11 is 18.0. The third kappa shape index (κ3) is 3.35. The van der Waals surface area contributed by atoms with Gasteiger partial charge < -0.3 is 0 Å². The highest BCUT2D eigenvalue weighted by Gasteiger charge is 2.20. The average Bonchev–Trinajstić information content (AvgIpc) is 3.00. The first-order valence-corrected chi connectivity index (χ1v) is 10.3. The molecule has 4 aromatic rings. The molecule has 29 heavy (non-hydrogen) atoms. The second-order valence-electron chi connectivity index (χ2n) is 6.87. The molecule has 1 aliphatic rings. The van der Waals surface area contributed by atoms with Crippen molar-refractivity contribution in [2.75, 3.05) is 0 Å². The molecule has 144 valence electrons. The molecule has 2 heterocycles. The predicted octanol–water partition coefficient (Wildman–Crippen LogP) is 5.76. The molecular formula is C22H16Cl2N4S. The van der Waals surface area contributed by atoms with E-state index in [9.17, 15) is 0 Å². The van der Waals surface area contributed by atoms with Crippen molar-refractivity contribution in [2.24, 2.45) is 4.99 Å². The fraction of sp³-hybridized carbons (Fsp3) is 0.0909. The fourth-order valence-electron chi connectivity index (χ4n) is 3.58. The minimum atomic E-state index is 0.680. The van der Waals surface area contributed by atoms with Gasteiger partial charge in [-0.05, 0) is 71.9 Å². The standard InChI is InChI=1S/C22H16Cl2N4S/c23-17-5-9-19(10-6-17)25-21-26-13-15-3-1-2-4-16(15)14-27(26)22(29)28(21)20-11-7-18(24)8-12-20/h1-12H,13-14H2. The molecule has 0 spiro atoms. The van der Waals surface area contributed by atoms with Gasteiger partial charge in [0.15, 0.2) is 0 Å². The molecule has 0 N–H and O–H groups in total. The molecule has 0 saturated heterocycles. The van der Waals surface area contributed by atoms with Gasteiger partial charge in [0.2, 0.25) is 10.4 Å². The summed E-state index contributed by atoms with van der Waals surface area (Å²) in [4.78, 5) is 4.93. The Morgan fingerprint density at radius 1 is 0.724 bits per heavy atom. The Morgan fingerprint density at radius 3 is 1.90 bits per heavy atom. The largest absolute Gasteiger partial charge is 0.254 e. The van der Waals surface area contributed by atoms with E-state index < -0.39 is 0 Å². The van der Waals surface area contributed by atoms with Gasteiger partial charge in [0, 0.05) is 10.0 Å². The lowest BCUT2D eigenvalue weighted by atomic mass is 10.1. The summed E-state index contributed by atoms with van der Waals surface area (Å²) in [6, 6.07) is 23.5. The number of benzene rings is 3. The third-order valence-electron chi connectivity index (χ3n) is 5.03. The van der Waals surface area contributed by atoms with Gasteiger partial charge in [-0.15, -0.1) is 0 Å². The van der Waals surface area contributed by atoms with Gasteiger partial charge >= 0.3 is 0 Å². The Hall–Kier alpha value is -2.60. The average molecular weight is 439 g/mol. The van der Waals surface area contributed by atoms with E-state index in [-0.39, 0.29) is 0 Å². The van der Waals surface area contributed by atoms with E-state index in [4.69, 9.17) is 40.4 Å². The molecule has 3 aromatic carbocycles. The first-order valence-electron chi connectivity index (χ1n) is 9.16. The van der Waals surface area contributed by atoms with Crippen molar-refractivity contribution in [1.82, 2.24) is 13.9 Å². The lowest BCUT2D eigenvalue weighted by Crippen LogP contribution is -2.31. The van der Waals surface area contributed by atoms with Crippen LogP contribution in [0.2, 0.25) is 10.0 Å². The van der Waals surface area contributed by atoms with Crippen molar-refractivity contribution >= 4 is 41.1 Å². The van der Waals surface area contributed by atoms with Gasteiger partial charge in [0.1, 0.15) is 0 Å². The van der Waals surface area contributed by atoms with E-state index in [1.807, 2.05) is 53.1 Å². The maximum Gasteiger partial charge on any atom is 0.232 e.